The first-order chi connectivity index (χ1) is 5.00. The Morgan fingerprint density at radius 1 is 1.18 bits per heavy atom. The molecule has 2 nitrogen and oxygen atoms in total. The molecule has 11 heavy (non-hydrogen) atoms. The first kappa shape index (κ1) is 8.80. The van der Waals surface area contributed by atoms with Crippen LogP contribution in [0.15, 0.2) is 0 Å². The molecule has 0 aromatic rings. The van der Waals surface area contributed by atoms with E-state index < -0.39 is 12.3 Å². The highest BCUT2D eigenvalue weighted by atomic mass is 19.4. The van der Waals surface area contributed by atoms with Crippen molar-refractivity contribution in [3.63, 3.8) is 0 Å². The van der Waals surface area contributed by atoms with E-state index >= 15 is 0 Å². The summed E-state index contributed by atoms with van der Waals surface area (Å²) in [5.74, 6) is 0.272. The van der Waals surface area contributed by atoms with Crippen molar-refractivity contribution in [2.75, 3.05) is 13.1 Å². The quantitative estimate of drug-likeness (QED) is 0.556. The van der Waals surface area contributed by atoms with Gasteiger partial charge in [0.2, 0.25) is 0 Å². The fourth-order valence-electron chi connectivity index (χ4n) is 1.01. The standard InChI is InChI=1S/C6H11F3N2/c1-4-2-10-5(11-3-4)6(7,8)9/h4-5,10-11H,2-3H2,1H3. The molecule has 2 N–H and O–H groups in total. The number of rotatable bonds is 0. The average Bonchev–Trinajstić information content (AvgIpc) is 1.86. The fraction of sp³-hybridized carbons (Fsp3) is 1.00. The molecule has 1 heterocycles. The van der Waals surface area contributed by atoms with E-state index in [0.29, 0.717) is 13.1 Å². The summed E-state index contributed by atoms with van der Waals surface area (Å²) in [5, 5.41) is 4.75. The molecule has 0 bridgehead atoms. The van der Waals surface area contributed by atoms with Gasteiger partial charge in [-0.3, -0.25) is 10.6 Å². The van der Waals surface area contributed by atoms with E-state index in [1.54, 1.807) is 0 Å². The Balaban J connectivity index is 2.39. The maximum Gasteiger partial charge on any atom is 0.417 e. The van der Waals surface area contributed by atoms with Crippen LogP contribution in [0.1, 0.15) is 6.92 Å². The third kappa shape index (κ3) is 2.34. The van der Waals surface area contributed by atoms with Gasteiger partial charge in [0.15, 0.2) is 6.17 Å². The van der Waals surface area contributed by atoms with Gasteiger partial charge in [-0.05, 0) is 5.92 Å². The lowest BCUT2D eigenvalue weighted by atomic mass is 10.1. The minimum atomic E-state index is -4.17. The molecule has 1 saturated heterocycles. The third-order valence-electron chi connectivity index (χ3n) is 1.67. The van der Waals surface area contributed by atoms with Crippen LogP contribution in [0.25, 0.3) is 0 Å². The predicted molar refractivity (Wildman–Crippen MR) is 35.0 cm³/mol. The highest BCUT2D eigenvalue weighted by Gasteiger charge is 2.40. The summed E-state index contributed by atoms with van der Waals surface area (Å²) in [4.78, 5) is 0. The minimum absolute atomic E-state index is 0.272. The van der Waals surface area contributed by atoms with E-state index in [2.05, 4.69) is 10.6 Å². The smallest absolute Gasteiger partial charge is 0.294 e. The minimum Gasteiger partial charge on any atom is -0.294 e. The zero-order chi connectivity index (χ0) is 8.48. The predicted octanol–water partition coefficient (Wildman–Crippen LogP) is 0.704. The van der Waals surface area contributed by atoms with Crippen LogP contribution in [0.2, 0.25) is 0 Å². The van der Waals surface area contributed by atoms with Crippen LogP contribution in [0.3, 0.4) is 0 Å². The van der Waals surface area contributed by atoms with Crippen LogP contribution < -0.4 is 10.6 Å². The molecule has 1 aliphatic heterocycles. The second-order valence-electron chi connectivity index (χ2n) is 2.90. The molecule has 0 radical (unpaired) electrons. The van der Waals surface area contributed by atoms with Gasteiger partial charge >= 0.3 is 6.18 Å². The molecular formula is C6H11F3N2. The van der Waals surface area contributed by atoms with E-state index in [4.69, 9.17) is 0 Å². The van der Waals surface area contributed by atoms with Crippen molar-refractivity contribution in [2.45, 2.75) is 19.3 Å². The fourth-order valence-corrected chi connectivity index (χ4v) is 1.01. The Morgan fingerprint density at radius 2 is 1.64 bits per heavy atom. The molecular weight excluding hydrogens is 157 g/mol. The number of hydrogen-bond acceptors (Lipinski definition) is 2. The average molecular weight is 168 g/mol. The Hall–Kier alpha value is -0.290. The van der Waals surface area contributed by atoms with Gasteiger partial charge in [0, 0.05) is 13.1 Å². The lowest BCUT2D eigenvalue weighted by Crippen LogP contribution is -2.59. The second-order valence-corrected chi connectivity index (χ2v) is 2.90. The van der Waals surface area contributed by atoms with Crippen LogP contribution >= 0.6 is 0 Å². The molecule has 0 aromatic carbocycles. The van der Waals surface area contributed by atoms with E-state index in [-0.39, 0.29) is 5.92 Å². The van der Waals surface area contributed by atoms with Gasteiger partial charge in [-0.1, -0.05) is 6.92 Å². The molecule has 0 aromatic heterocycles. The lowest BCUT2D eigenvalue weighted by molar-refractivity contribution is -0.167. The summed E-state index contributed by atoms with van der Waals surface area (Å²) in [6.07, 6.45) is -5.68. The summed E-state index contributed by atoms with van der Waals surface area (Å²) < 4.78 is 35.8. The maximum absolute atomic E-state index is 11.9. The van der Waals surface area contributed by atoms with E-state index in [9.17, 15) is 13.2 Å². The number of hydrogen-bond donors (Lipinski definition) is 2. The Labute approximate surface area is 63.2 Å². The van der Waals surface area contributed by atoms with E-state index in [1.807, 2.05) is 6.92 Å². The Morgan fingerprint density at radius 3 is 2.00 bits per heavy atom. The Bertz CT molecular complexity index is 126. The van der Waals surface area contributed by atoms with Crippen molar-refractivity contribution in [1.82, 2.24) is 10.6 Å². The van der Waals surface area contributed by atoms with Crippen LogP contribution in [0.4, 0.5) is 13.2 Å². The summed E-state index contributed by atoms with van der Waals surface area (Å²) in [7, 11) is 0. The molecule has 0 atom stereocenters. The first-order valence-electron chi connectivity index (χ1n) is 3.53. The zero-order valence-electron chi connectivity index (χ0n) is 6.20. The van der Waals surface area contributed by atoms with Crippen molar-refractivity contribution < 1.29 is 13.2 Å². The van der Waals surface area contributed by atoms with Crippen molar-refractivity contribution >= 4 is 0 Å². The SMILES string of the molecule is CC1CNC(C(F)(F)F)NC1. The van der Waals surface area contributed by atoms with Crippen LogP contribution in [-0.4, -0.2) is 25.4 Å². The third-order valence-corrected chi connectivity index (χ3v) is 1.67. The molecule has 1 aliphatic rings. The summed E-state index contributed by atoms with van der Waals surface area (Å²) in [6, 6.07) is 0. The highest BCUT2D eigenvalue weighted by molar-refractivity contribution is 4.79. The molecule has 0 aliphatic carbocycles. The molecule has 0 saturated carbocycles. The van der Waals surface area contributed by atoms with Crippen molar-refractivity contribution in [3.05, 3.63) is 0 Å². The van der Waals surface area contributed by atoms with Gasteiger partial charge in [-0.15, -0.1) is 0 Å². The van der Waals surface area contributed by atoms with Crippen LogP contribution in [0, 0.1) is 5.92 Å². The number of halogens is 3. The van der Waals surface area contributed by atoms with Gasteiger partial charge in [0.25, 0.3) is 0 Å². The number of nitrogens with one attached hydrogen (secondary N) is 2. The van der Waals surface area contributed by atoms with E-state index in [0.717, 1.165) is 0 Å². The lowest BCUT2D eigenvalue weighted by Gasteiger charge is -2.30. The monoisotopic (exact) mass is 168 g/mol. The largest absolute Gasteiger partial charge is 0.417 e. The molecule has 66 valence electrons. The molecule has 5 heteroatoms. The van der Waals surface area contributed by atoms with Gasteiger partial charge in [-0.2, -0.15) is 13.2 Å². The second kappa shape index (κ2) is 2.98. The highest BCUT2D eigenvalue weighted by Crippen LogP contribution is 2.19. The van der Waals surface area contributed by atoms with Gasteiger partial charge < -0.3 is 0 Å². The van der Waals surface area contributed by atoms with E-state index in [1.165, 1.54) is 0 Å². The molecule has 0 amide bonds. The first-order valence-corrected chi connectivity index (χ1v) is 3.53. The van der Waals surface area contributed by atoms with Crippen molar-refractivity contribution in [1.29, 1.82) is 0 Å². The summed E-state index contributed by atoms with van der Waals surface area (Å²) in [6.45, 7) is 2.75. The van der Waals surface area contributed by atoms with Crippen molar-refractivity contribution in [3.8, 4) is 0 Å². The van der Waals surface area contributed by atoms with Crippen molar-refractivity contribution in [2.24, 2.45) is 5.92 Å². The molecule has 1 rings (SSSR count). The zero-order valence-corrected chi connectivity index (χ0v) is 6.20. The Kier molecular flexibility index (Phi) is 2.39. The maximum atomic E-state index is 11.9. The molecule has 0 spiro atoms. The van der Waals surface area contributed by atoms with Gasteiger partial charge in [0.05, 0.1) is 0 Å². The normalized spacial score (nSPS) is 33.8. The molecule has 1 fully saturated rings. The topological polar surface area (TPSA) is 24.1 Å². The van der Waals surface area contributed by atoms with Crippen LogP contribution in [-0.2, 0) is 0 Å². The van der Waals surface area contributed by atoms with Gasteiger partial charge in [0.1, 0.15) is 0 Å². The van der Waals surface area contributed by atoms with Crippen LogP contribution in [0.5, 0.6) is 0 Å². The summed E-state index contributed by atoms with van der Waals surface area (Å²) >= 11 is 0. The number of alkyl halides is 3. The van der Waals surface area contributed by atoms with Gasteiger partial charge in [-0.25, -0.2) is 0 Å². The molecule has 0 unspecified atom stereocenters. The summed E-state index contributed by atoms with van der Waals surface area (Å²) in [5.41, 5.74) is 0.